The van der Waals surface area contributed by atoms with Crippen LogP contribution in [0.3, 0.4) is 0 Å². The van der Waals surface area contributed by atoms with Crippen molar-refractivity contribution in [1.82, 2.24) is 0 Å². The zero-order valence-electron chi connectivity index (χ0n) is 19.0. The Hall–Kier alpha value is -2.25. The summed E-state index contributed by atoms with van der Waals surface area (Å²) in [5.74, 6) is 0. The maximum atomic E-state index is 11.4. The number of aliphatic hydroxyl groups is 3. The van der Waals surface area contributed by atoms with E-state index in [0.29, 0.717) is 38.5 Å². The summed E-state index contributed by atoms with van der Waals surface area (Å²) in [6, 6.07) is -4.70. The Labute approximate surface area is 192 Å². The maximum Gasteiger partial charge on any atom is 0.241 e. The lowest BCUT2D eigenvalue weighted by Crippen LogP contribution is -2.45. The highest BCUT2D eigenvalue weighted by Crippen LogP contribution is 2.21. The fourth-order valence-electron chi connectivity index (χ4n) is 3.73. The molecule has 0 saturated carbocycles. The molecule has 6 unspecified atom stereocenters. The van der Waals surface area contributed by atoms with Crippen molar-refractivity contribution in [3.63, 3.8) is 0 Å². The van der Waals surface area contributed by atoms with Gasteiger partial charge in [0, 0.05) is 40.5 Å². The molecular formula is C20H36N3O10. The van der Waals surface area contributed by atoms with Crippen LogP contribution in [0, 0.1) is 30.3 Å². The third kappa shape index (κ3) is 12.5. The highest BCUT2D eigenvalue weighted by molar-refractivity contribution is 5.50. The van der Waals surface area contributed by atoms with Gasteiger partial charge >= 0.3 is 0 Å². The maximum absolute atomic E-state index is 11.4. The van der Waals surface area contributed by atoms with E-state index >= 15 is 0 Å². The number of rotatable bonds is 21. The SMILES string of the molecule is CCCCCC(C(O)CC(C(O)CC(O)C(CCCCCC[C]=O)[N+](=O)[O-])[N+](=O)[O-])[N+](=O)[O-]. The number of carbonyl (C=O) groups excluding carboxylic acids is 1. The minimum Gasteiger partial charge on any atom is -0.386 e. The molecule has 0 fully saturated rings. The summed E-state index contributed by atoms with van der Waals surface area (Å²) in [5, 5.41) is 64.8. The van der Waals surface area contributed by atoms with E-state index in [0.717, 1.165) is 6.42 Å². The quantitative estimate of drug-likeness (QED) is 0.124. The van der Waals surface area contributed by atoms with Gasteiger partial charge < -0.3 is 15.3 Å². The number of unbranched alkanes of at least 4 members (excludes halogenated alkanes) is 6. The van der Waals surface area contributed by atoms with Gasteiger partial charge in [0.2, 0.25) is 18.1 Å². The molecule has 0 rings (SSSR count). The van der Waals surface area contributed by atoms with Crippen LogP contribution in [-0.4, -0.2) is 72.8 Å². The van der Waals surface area contributed by atoms with E-state index in [4.69, 9.17) is 0 Å². The van der Waals surface area contributed by atoms with E-state index in [1.165, 1.54) is 0 Å². The molecule has 0 aromatic heterocycles. The van der Waals surface area contributed by atoms with Crippen molar-refractivity contribution in [2.75, 3.05) is 0 Å². The van der Waals surface area contributed by atoms with Gasteiger partial charge in [-0.2, -0.15) is 0 Å². The fourth-order valence-corrected chi connectivity index (χ4v) is 3.73. The van der Waals surface area contributed by atoms with E-state index in [9.17, 15) is 50.5 Å². The predicted octanol–water partition coefficient (Wildman–Crippen LogP) is 1.82. The molecule has 1 radical (unpaired) electrons. The molecule has 13 heteroatoms. The molecule has 33 heavy (non-hydrogen) atoms. The Morgan fingerprint density at radius 3 is 1.55 bits per heavy atom. The summed E-state index contributed by atoms with van der Waals surface area (Å²) in [4.78, 5) is 41.9. The van der Waals surface area contributed by atoms with Crippen molar-refractivity contribution >= 4 is 6.29 Å². The van der Waals surface area contributed by atoms with Crippen LogP contribution >= 0.6 is 0 Å². The van der Waals surface area contributed by atoms with Gasteiger partial charge in [-0.25, -0.2) is 0 Å². The van der Waals surface area contributed by atoms with E-state index in [2.05, 4.69) is 0 Å². The van der Waals surface area contributed by atoms with Gasteiger partial charge in [-0.1, -0.05) is 32.6 Å². The van der Waals surface area contributed by atoms with Gasteiger partial charge in [0.05, 0.1) is 6.42 Å². The van der Waals surface area contributed by atoms with Gasteiger partial charge in [0.25, 0.3) is 0 Å². The zero-order chi connectivity index (χ0) is 25.4. The first-order valence-electron chi connectivity index (χ1n) is 11.4. The second-order valence-corrected chi connectivity index (χ2v) is 8.32. The number of hydrogen-bond acceptors (Lipinski definition) is 10. The summed E-state index contributed by atoms with van der Waals surface area (Å²) in [6.45, 7) is 1.90. The van der Waals surface area contributed by atoms with Crippen molar-refractivity contribution in [3.8, 4) is 0 Å². The van der Waals surface area contributed by atoms with Crippen LogP contribution in [0.2, 0.25) is 0 Å². The normalized spacial score (nSPS) is 16.8. The molecule has 3 N–H and O–H groups in total. The first kappa shape index (κ1) is 30.8. The number of aliphatic hydroxyl groups excluding tert-OH is 3. The molecule has 0 saturated heterocycles. The Morgan fingerprint density at radius 2 is 1.09 bits per heavy atom. The average molecular weight is 479 g/mol. The van der Waals surface area contributed by atoms with Crippen molar-refractivity contribution in [1.29, 1.82) is 0 Å². The van der Waals surface area contributed by atoms with Gasteiger partial charge in [0.1, 0.15) is 18.3 Å². The molecule has 0 aliphatic rings. The number of nitrogens with zero attached hydrogens (tertiary/aromatic N) is 3. The minimum atomic E-state index is -1.83. The Kier molecular flexibility index (Phi) is 16.1. The Bertz CT molecular complexity index is 607. The molecule has 0 amide bonds. The molecule has 0 aromatic carbocycles. The molecule has 0 spiro atoms. The van der Waals surface area contributed by atoms with Crippen LogP contribution in [0.1, 0.15) is 84.0 Å². The average Bonchev–Trinajstić information content (AvgIpc) is 2.73. The highest BCUT2D eigenvalue weighted by atomic mass is 16.6. The zero-order valence-corrected chi connectivity index (χ0v) is 19.0. The molecule has 0 bridgehead atoms. The van der Waals surface area contributed by atoms with Crippen molar-refractivity contribution in [2.24, 2.45) is 0 Å². The second-order valence-electron chi connectivity index (χ2n) is 8.32. The molecule has 191 valence electrons. The molecule has 0 aliphatic carbocycles. The van der Waals surface area contributed by atoms with Crippen LogP contribution in [-0.2, 0) is 4.79 Å². The van der Waals surface area contributed by atoms with Crippen molar-refractivity contribution in [2.45, 2.75) is 120 Å². The topological polar surface area (TPSA) is 207 Å². The van der Waals surface area contributed by atoms with Crippen molar-refractivity contribution in [3.05, 3.63) is 30.3 Å². The van der Waals surface area contributed by atoms with Crippen molar-refractivity contribution < 1.29 is 34.9 Å². The third-order valence-corrected chi connectivity index (χ3v) is 5.74. The third-order valence-electron chi connectivity index (χ3n) is 5.74. The van der Waals surface area contributed by atoms with E-state index in [1.807, 2.05) is 6.92 Å². The van der Waals surface area contributed by atoms with Crippen LogP contribution in [0.25, 0.3) is 0 Å². The molecule has 6 atom stereocenters. The fraction of sp³-hybridized carbons (Fsp3) is 0.950. The molecule has 0 heterocycles. The van der Waals surface area contributed by atoms with Crippen LogP contribution in [0.15, 0.2) is 0 Å². The minimum absolute atomic E-state index is 0.0156. The van der Waals surface area contributed by atoms with Gasteiger partial charge in [-0.05, 0) is 19.3 Å². The summed E-state index contributed by atoms with van der Waals surface area (Å²) in [5.41, 5.74) is 0. The number of nitro groups is 3. The van der Waals surface area contributed by atoms with E-state index in [-0.39, 0.29) is 19.3 Å². The smallest absolute Gasteiger partial charge is 0.241 e. The van der Waals surface area contributed by atoms with Crippen LogP contribution in [0.4, 0.5) is 0 Å². The standard InChI is InChI=1S/C20H36N3O10/c1-2-3-7-10-15(21(28)29)18(25)13-17(23(32)33)20(27)14-19(26)16(22(30)31)11-8-5-4-6-9-12-24/h15-20,25-27H,2-11,13-14H2,1H3. The molecule has 0 aromatic rings. The van der Waals surface area contributed by atoms with Gasteiger partial charge in [0.15, 0.2) is 6.29 Å². The lowest BCUT2D eigenvalue weighted by atomic mass is 9.91. The van der Waals surface area contributed by atoms with Crippen LogP contribution in [0.5, 0.6) is 0 Å². The largest absolute Gasteiger partial charge is 0.386 e. The molecule has 0 aliphatic heterocycles. The second kappa shape index (κ2) is 17.3. The predicted molar refractivity (Wildman–Crippen MR) is 117 cm³/mol. The molecular weight excluding hydrogens is 442 g/mol. The monoisotopic (exact) mass is 478 g/mol. The van der Waals surface area contributed by atoms with E-state index in [1.54, 1.807) is 6.29 Å². The first-order chi connectivity index (χ1) is 15.6. The van der Waals surface area contributed by atoms with Gasteiger partial charge in [-0.15, -0.1) is 0 Å². The lowest BCUT2D eigenvalue weighted by Gasteiger charge is -2.23. The molecule has 13 nitrogen and oxygen atoms in total. The number of hydrogen-bond donors (Lipinski definition) is 3. The Balaban J connectivity index is 4.99. The summed E-state index contributed by atoms with van der Waals surface area (Å²) in [7, 11) is 0. The summed E-state index contributed by atoms with van der Waals surface area (Å²) < 4.78 is 0. The lowest BCUT2D eigenvalue weighted by molar-refractivity contribution is -0.556. The van der Waals surface area contributed by atoms with Crippen LogP contribution < -0.4 is 0 Å². The van der Waals surface area contributed by atoms with E-state index < -0.39 is 64.0 Å². The summed E-state index contributed by atoms with van der Waals surface area (Å²) in [6.07, 6.45) is -0.358. The first-order valence-corrected chi connectivity index (χ1v) is 11.4. The highest BCUT2D eigenvalue weighted by Gasteiger charge is 2.41. The Morgan fingerprint density at radius 1 is 0.667 bits per heavy atom. The summed E-state index contributed by atoms with van der Waals surface area (Å²) >= 11 is 0. The van der Waals surface area contributed by atoms with Gasteiger partial charge in [-0.3, -0.25) is 35.1 Å².